The summed E-state index contributed by atoms with van der Waals surface area (Å²) in [6, 6.07) is 6.33. The Morgan fingerprint density at radius 3 is 2.07 bits per heavy atom. The Morgan fingerprint density at radius 2 is 1.48 bits per heavy atom. The molecule has 27 heavy (non-hydrogen) atoms. The summed E-state index contributed by atoms with van der Waals surface area (Å²) >= 11 is 0. The fourth-order valence-corrected chi connectivity index (χ4v) is 5.11. The number of likely N-dealkylation sites (tertiary alicyclic amines) is 1. The third-order valence-electron chi connectivity index (χ3n) is 5.30. The van der Waals surface area contributed by atoms with E-state index in [4.69, 9.17) is 0 Å². The van der Waals surface area contributed by atoms with Crippen LogP contribution in [0.15, 0.2) is 29.2 Å². The van der Waals surface area contributed by atoms with Crippen LogP contribution in [-0.2, 0) is 14.8 Å². The van der Waals surface area contributed by atoms with Crippen LogP contribution >= 0.6 is 0 Å². The molecule has 1 aromatic carbocycles. The molecular formula is C19H27N3O4S. The smallest absolute Gasteiger partial charge is 0.253 e. The predicted molar refractivity (Wildman–Crippen MR) is 102 cm³/mol. The number of benzene rings is 1. The van der Waals surface area contributed by atoms with Crippen LogP contribution in [0, 0.1) is 0 Å². The van der Waals surface area contributed by atoms with Crippen LogP contribution in [-0.4, -0.2) is 73.6 Å². The van der Waals surface area contributed by atoms with Crippen LogP contribution in [0.25, 0.3) is 0 Å². The maximum Gasteiger partial charge on any atom is 0.253 e. The van der Waals surface area contributed by atoms with E-state index in [-0.39, 0.29) is 29.8 Å². The van der Waals surface area contributed by atoms with Crippen molar-refractivity contribution >= 4 is 21.8 Å². The van der Waals surface area contributed by atoms with Crippen LogP contribution < -0.4 is 0 Å². The molecule has 1 aromatic rings. The second-order valence-electron chi connectivity index (χ2n) is 7.14. The lowest BCUT2D eigenvalue weighted by atomic mass is 10.2. The highest BCUT2D eigenvalue weighted by atomic mass is 32.2. The zero-order valence-electron chi connectivity index (χ0n) is 15.8. The van der Waals surface area contributed by atoms with E-state index in [1.54, 1.807) is 17.0 Å². The Bertz CT molecular complexity index is 793. The maximum atomic E-state index is 13.0. The minimum Gasteiger partial charge on any atom is -0.340 e. The van der Waals surface area contributed by atoms with Crippen molar-refractivity contribution in [1.82, 2.24) is 14.1 Å². The molecule has 0 spiro atoms. The van der Waals surface area contributed by atoms with E-state index in [9.17, 15) is 18.0 Å². The highest BCUT2D eigenvalue weighted by Crippen LogP contribution is 2.21. The summed E-state index contributed by atoms with van der Waals surface area (Å²) in [7, 11) is -3.68. The van der Waals surface area contributed by atoms with E-state index in [1.807, 2.05) is 4.90 Å². The Balaban J connectivity index is 1.76. The van der Waals surface area contributed by atoms with E-state index in [0.29, 0.717) is 18.7 Å². The van der Waals surface area contributed by atoms with Crippen LogP contribution in [0.3, 0.4) is 0 Å². The van der Waals surface area contributed by atoms with E-state index >= 15 is 0 Å². The van der Waals surface area contributed by atoms with Crippen molar-refractivity contribution < 1.29 is 18.0 Å². The molecule has 0 radical (unpaired) electrons. The van der Waals surface area contributed by atoms with Crippen LogP contribution in [0.4, 0.5) is 0 Å². The first-order valence-corrected chi connectivity index (χ1v) is 11.0. The summed E-state index contributed by atoms with van der Waals surface area (Å²) in [5.74, 6) is -0.146. The minimum absolute atomic E-state index is 0.0444. The van der Waals surface area contributed by atoms with Gasteiger partial charge in [-0.05, 0) is 31.0 Å². The molecule has 2 amide bonds. The molecule has 148 valence electrons. The van der Waals surface area contributed by atoms with Gasteiger partial charge in [-0.2, -0.15) is 4.31 Å². The van der Waals surface area contributed by atoms with Crippen molar-refractivity contribution in [1.29, 1.82) is 0 Å². The number of sulfonamides is 1. The second-order valence-corrected chi connectivity index (χ2v) is 9.08. The van der Waals surface area contributed by atoms with Crippen molar-refractivity contribution in [2.45, 2.75) is 37.5 Å². The largest absolute Gasteiger partial charge is 0.340 e. The van der Waals surface area contributed by atoms with Gasteiger partial charge in [-0.3, -0.25) is 9.59 Å². The van der Waals surface area contributed by atoms with Gasteiger partial charge in [-0.1, -0.05) is 18.9 Å². The monoisotopic (exact) mass is 393 g/mol. The lowest BCUT2D eigenvalue weighted by Gasteiger charge is -2.33. The molecule has 3 rings (SSSR count). The molecule has 2 aliphatic heterocycles. The van der Waals surface area contributed by atoms with Gasteiger partial charge in [0.15, 0.2) is 0 Å². The summed E-state index contributed by atoms with van der Waals surface area (Å²) < 4.78 is 27.3. The number of carbonyl (C=O) groups is 2. The van der Waals surface area contributed by atoms with Gasteiger partial charge in [0.1, 0.15) is 0 Å². The highest BCUT2D eigenvalue weighted by molar-refractivity contribution is 7.89. The minimum atomic E-state index is -3.68. The van der Waals surface area contributed by atoms with Gasteiger partial charge in [-0.25, -0.2) is 8.42 Å². The number of carbonyl (C=O) groups excluding carboxylic acids is 2. The van der Waals surface area contributed by atoms with Gasteiger partial charge >= 0.3 is 0 Å². The molecule has 0 atom stereocenters. The maximum absolute atomic E-state index is 13.0. The molecular weight excluding hydrogens is 366 g/mol. The van der Waals surface area contributed by atoms with Gasteiger partial charge in [0.05, 0.1) is 4.90 Å². The number of hydrogen-bond donors (Lipinski definition) is 0. The van der Waals surface area contributed by atoms with Gasteiger partial charge in [0.2, 0.25) is 15.9 Å². The standard InChI is InChI=1S/C19H27N3O4S/c1-16(23)20-11-13-22(14-12-20)27(25,26)18-8-6-7-17(15-18)19(24)21-9-4-2-3-5-10-21/h6-8,15H,2-5,9-14H2,1H3. The molecule has 0 aliphatic carbocycles. The Morgan fingerprint density at radius 1 is 0.852 bits per heavy atom. The molecule has 7 nitrogen and oxygen atoms in total. The van der Waals surface area contributed by atoms with E-state index < -0.39 is 10.0 Å². The predicted octanol–water partition coefficient (Wildman–Crippen LogP) is 1.56. The first-order valence-electron chi connectivity index (χ1n) is 9.54. The normalized spacial score (nSPS) is 19.6. The van der Waals surface area contributed by atoms with Crippen LogP contribution in [0.1, 0.15) is 43.0 Å². The topological polar surface area (TPSA) is 78.0 Å². The summed E-state index contributed by atoms with van der Waals surface area (Å²) in [4.78, 5) is 27.8. The van der Waals surface area contributed by atoms with Gasteiger partial charge in [0.25, 0.3) is 5.91 Å². The van der Waals surface area contributed by atoms with Crippen LogP contribution in [0.5, 0.6) is 0 Å². The van der Waals surface area contributed by atoms with Crippen molar-refractivity contribution in [3.63, 3.8) is 0 Å². The Kier molecular flexibility index (Phi) is 6.16. The average Bonchev–Trinajstić information content (AvgIpc) is 2.97. The van der Waals surface area contributed by atoms with Crippen molar-refractivity contribution in [3.05, 3.63) is 29.8 Å². The summed E-state index contributed by atoms with van der Waals surface area (Å²) in [6.07, 6.45) is 4.24. The number of rotatable bonds is 3. The van der Waals surface area contributed by atoms with Crippen molar-refractivity contribution in [2.75, 3.05) is 39.3 Å². The molecule has 0 N–H and O–H groups in total. The molecule has 8 heteroatoms. The third kappa shape index (κ3) is 4.50. The number of piperazine rings is 1. The first kappa shape index (κ1) is 19.8. The van der Waals surface area contributed by atoms with Crippen LogP contribution in [0.2, 0.25) is 0 Å². The quantitative estimate of drug-likeness (QED) is 0.781. The summed E-state index contributed by atoms with van der Waals surface area (Å²) in [5, 5.41) is 0. The fourth-order valence-electron chi connectivity index (χ4n) is 3.64. The van der Waals surface area contributed by atoms with E-state index in [0.717, 1.165) is 38.8 Å². The first-order chi connectivity index (χ1) is 12.9. The molecule has 2 fully saturated rings. The molecule has 0 aromatic heterocycles. The molecule has 2 aliphatic rings. The zero-order valence-corrected chi connectivity index (χ0v) is 16.6. The molecule has 0 bridgehead atoms. The SMILES string of the molecule is CC(=O)N1CCN(S(=O)(=O)c2cccc(C(=O)N3CCCCCC3)c2)CC1. The molecule has 2 heterocycles. The van der Waals surface area contributed by atoms with Gasteiger partial charge in [-0.15, -0.1) is 0 Å². The molecule has 0 unspecified atom stereocenters. The third-order valence-corrected chi connectivity index (χ3v) is 7.19. The van der Waals surface area contributed by atoms with E-state index in [1.165, 1.54) is 23.4 Å². The zero-order chi connectivity index (χ0) is 19.4. The number of hydrogen-bond acceptors (Lipinski definition) is 4. The summed E-state index contributed by atoms with van der Waals surface area (Å²) in [6.45, 7) is 4.26. The average molecular weight is 394 g/mol. The lowest BCUT2D eigenvalue weighted by Crippen LogP contribution is -2.49. The van der Waals surface area contributed by atoms with Crippen molar-refractivity contribution in [2.24, 2.45) is 0 Å². The van der Waals surface area contributed by atoms with E-state index in [2.05, 4.69) is 0 Å². The fraction of sp³-hybridized carbons (Fsp3) is 0.579. The van der Waals surface area contributed by atoms with Gasteiger partial charge in [0, 0.05) is 51.8 Å². The molecule has 0 saturated carbocycles. The Labute approximate surface area is 161 Å². The van der Waals surface area contributed by atoms with Crippen molar-refractivity contribution in [3.8, 4) is 0 Å². The highest BCUT2D eigenvalue weighted by Gasteiger charge is 2.30. The Hall–Kier alpha value is -1.93. The second kappa shape index (κ2) is 8.39. The van der Waals surface area contributed by atoms with Gasteiger partial charge < -0.3 is 9.80 Å². The molecule has 2 saturated heterocycles. The number of amides is 2. The number of nitrogens with zero attached hydrogens (tertiary/aromatic N) is 3. The lowest BCUT2D eigenvalue weighted by molar-refractivity contribution is -0.129. The summed E-state index contributed by atoms with van der Waals surface area (Å²) in [5.41, 5.74) is 0.417.